The molecule has 0 bridgehead atoms. The average Bonchev–Trinajstić information content (AvgIpc) is 2.88. The largest absolute Gasteiger partial charge is 0.481 e. The highest BCUT2D eigenvalue weighted by Crippen LogP contribution is 2.27. The first-order chi connectivity index (χ1) is 10.1. The van der Waals surface area contributed by atoms with E-state index in [0.29, 0.717) is 12.0 Å². The standard InChI is InChI=1S/C17H14FNO2/c18-14-4-2-1-3-13(14)16-10-12-9-11(6-8-17(20)21)5-7-15(12)19-16/h1-5,7,9-10,19H,6,8H2,(H,20,21). The number of carboxylic acids is 1. The van der Waals surface area contributed by atoms with Gasteiger partial charge in [-0.25, -0.2) is 4.39 Å². The van der Waals surface area contributed by atoms with E-state index in [4.69, 9.17) is 5.11 Å². The molecule has 0 fully saturated rings. The van der Waals surface area contributed by atoms with Crippen molar-refractivity contribution in [2.45, 2.75) is 12.8 Å². The van der Waals surface area contributed by atoms with Crippen molar-refractivity contribution in [2.75, 3.05) is 0 Å². The molecule has 21 heavy (non-hydrogen) atoms. The zero-order valence-corrected chi connectivity index (χ0v) is 11.3. The van der Waals surface area contributed by atoms with Crippen LogP contribution in [0.15, 0.2) is 48.5 Å². The van der Waals surface area contributed by atoms with Crippen LogP contribution in [0.5, 0.6) is 0 Å². The molecule has 1 aromatic heterocycles. The third kappa shape index (κ3) is 2.79. The highest BCUT2D eigenvalue weighted by atomic mass is 19.1. The molecule has 0 aliphatic heterocycles. The Kier molecular flexibility index (Phi) is 3.44. The van der Waals surface area contributed by atoms with Crippen LogP contribution in [0, 0.1) is 5.82 Å². The number of aromatic nitrogens is 1. The van der Waals surface area contributed by atoms with E-state index in [1.807, 2.05) is 24.3 Å². The first kappa shape index (κ1) is 13.4. The van der Waals surface area contributed by atoms with Gasteiger partial charge in [-0.15, -0.1) is 0 Å². The third-order valence-electron chi connectivity index (χ3n) is 3.48. The smallest absolute Gasteiger partial charge is 0.303 e. The van der Waals surface area contributed by atoms with Crippen LogP contribution in [-0.2, 0) is 11.2 Å². The molecule has 0 atom stereocenters. The maximum absolute atomic E-state index is 13.8. The molecule has 4 heteroatoms. The van der Waals surface area contributed by atoms with Crippen molar-refractivity contribution in [3.8, 4) is 11.3 Å². The number of aryl methyl sites for hydroxylation is 1. The minimum absolute atomic E-state index is 0.107. The summed E-state index contributed by atoms with van der Waals surface area (Å²) in [5, 5.41) is 9.68. The van der Waals surface area contributed by atoms with E-state index < -0.39 is 5.97 Å². The summed E-state index contributed by atoms with van der Waals surface area (Å²) >= 11 is 0. The second kappa shape index (κ2) is 5.40. The molecule has 106 valence electrons. The van der Waals surface area contributed by atoms with Gasteiger partial charge in [0.25, 0.3) is 0 Å². The number of nitrogens with one attached hydrogen (secondary N) is 1. The summed E-state index contributed by atoms with van der Waals surface area (Å²) in [6.07, 6.45) is 0.599. The summed E-state index contributed by atoms with van der Waals surface area (Å²) < 4.78 is 13.8. The Hall–Kier alpha value is -2.62. The quantitative estimate of drug-likeness (QED) is 0.760. The van der Waals surface area contributed by atoms with Crippen LogP contribution in [0.4, 0.5) is 4.39 Å². The number of carbonyl (C=O) groups is 1. The highest BCUT2D eigenvalue weighted by Gasteiger charge is 2.08. The molecule has 3 aromatic rings. The van der Waals surface area contributed by atoms with Crippen LogP contribution in [0.25, 0.3) is 22.2 Å². The van der Waals surface area contributed by atoms with Crippen molar-refractivity contribution >= 4 is 16.9 Å². The van der Waals surface area contributed by atoms with Crippen LogP contribution in [0.1, 0.15) is 12.0 Å². The summed E-state index contributed by atoms with van der Waals surface area (Å²) in [5.41, 5.74) is 3.12. The van der Waals surface area contributed by atoms with Gasteiger partial charge >= 0.3 is 5.97 Å². The Morgan fingerprint density at radius 2 is 1.95 bits per heavy atom. The van der Waals surface area contributed by atoms with Gasteiger partial charge in [0, 0.05) is 28.6 Å². The Morgan fingerprint density at radius 3 is 2.71 bits per heavy atom. The first-order valence-corrected chi connectivity index (χ1v) is 6.72. The summed E-state index contributed by atoms with van der Waals surface area (Å²) in [5.74, 6) is -1.08. The first-order valence-electron chi connectivity index (χ1n) is 6.72. The van der Waals surface area contributed by atoms with E-state index in [2.05, 4.69) is 4.98 Å². The lowest BCUT2D eigenvalue weighted by atomic mass is 10.1. The maximum atomic E-state index is 13.8. The molecule has 0 spiro atoms. The number of aromatic amines is 1. The topological polar surface area (TPSA) is 53.1 Å². The average molecular weight is 283 g/mol. The van der Waals surface area contributed by atoms with E-state index in [9.17, 15) is 9.18 Å². The van der Waals surface area contributed by atoms with E-state index in [1.54, 1.807) is 18.2 Å². The number of halogens is 1. The molecule has 3 nitrogen and oxygen atoms in total. The lowest BCUT2D eigenvalue weighted by molar-refractivity contribution is -0.136. The van der Waals surface area contributed by atoms with Crippen LogP contribution >= 0.6 is 0 Å². The monoisotopic (exact) mass is 283 g/mol. The minimum Gasteiger partial charge on any atom is -0.481 e. The number of rotatable bonds is 4. The van der Waals surface area contributed by atoms with Gasteiger partial charge in [-0.3, -0.25) is 4.79 Å². The molecule has 2 N–H and O–H groups in total. The van der Waals surface area contributed by atoms with Gasteiger partial charge in [0.1, 0.15) is 5.82 Å². The van der Waals surface area contributed by atoms with Gasteiger partial charge < -0.3 is 10.1 Å². The Morgan fingerprint density at radius 1 is 1.14 bits per heavy atom. The number of fused-ring (bicyclic) bond motifs is 1. The zero-order chi connectivity index (χ0) is 14.8. The molecule has 3 rings (SSSR count). The number of hydrogen-bond donors (Lipinski definition) is 2. The van der Waals surface area contributed by atoms with Gasteiger partial charge in [-0.2, -0.15) is 0 Å². The van der Waals surface area contributed by atoms with E-state index in [-0.39, 0.29) is 12.2 Å². The molecular formula is C17H14FNO2. The molecule has 0 radical (unpaired) electrons. The van der Waals surface area contributed by atoms with Gasteiger partial charge in [0.2, 0.25) is 0 Å². The molecule has 0 aliphatic rings. The van der Waals surface area contributed by atoms with Gasteiger partial charge in [0.05, 0.1) is 0 Å². The minimum atomic E-state index is -0.809. The van der Waals surface area contributed by atoms with Crippen molar-refractivity contribution < 1.29 is 14.3 Å². The fourth-order valence-corrected chi connectivity index (χ4v) is 2.41. The SMILES string of the molecule is O=C(O)CCc1ccc2[nH]c(-c3ccccc3F)cc2c1. The van der Waals surface area contributed by atoms with E-state index in [1.165, 1.54) is 6.07 Å². The third-order valence-corrected chi connectivity index (χ3v) is 3.48. The van der Waals surface area contributed by atoms with Crippen LogP contribution in [-0.4, -0.2) is 16.1 Å². The molecule has 0 unspecified atom stereocenters. The molecular weight excluding hydrogens is 269 g/mol. The second-order valence-corrected chi connectivity index (χ2v) is 4.98. The predicted octanol–water partition coefficient (Wildman–Crippen LogP) is 3.99. The lowest BCUT2D eigenvalue weighted by Gasteiger charge is -1.98. The molecule has 0 saturated heterocycles. The van der Waals surface area contributed by atoms with Crippen LogP contribution in [0.3, 0.4) is 0 Å². The van der Waals surface area contributed by atoms with E-state index in [0.717, 1.165) is 22.2 Å². The van der Waals surface area contributed by atoms with Gasteiger partial charge in [-0.1, -0.05) is 18.2 Å². The van der Waals surface area contributed by atoms with Crippen molar-refractivity contribution in [3.63, 3.8) is 0 Å². The van der Waals surface area contributed by atoms with Crippen molar-refractivity contribution in [1.29, 1.82) is 0 Å². The number of aliphatic carboxylic acids is 1. The lowest BCUT2D eigenvalue weighted by Crippen LogP contribution is -1.96. The van der Waals surface area contributed by atoms with Crippen LogP contribution < -0.4 is 0 Å². The zero-order valence-electron chi connectivity index (χ0n) is 11.3. The number of H-pyrrole nitrogens is 1. The van der Waals surface area contributed by atoms with Gasteiger partial charge in [0.15, 0.2) is 0 Å². The van der Waals surface area contributed by atoms with E-state index >= 15 is 0 Å². The van der Waals surface area contributed by atoms with Gasteiger partial charge in [-0.05, 0) is 42.3 Å². The number of hydrogen-bond acceptors (Lipinski definition) is 1. The van der Waals surface area contributed by atoms with Crippen molar-refractivity contribution in [1.82, 2.24) is 4.98 Å². The molecule has 2 aromatic carbocycles. The second-order valence-electron chi connectivity index (χ2n) is 4.98. The highest BCUT2D eigenvalue weighted by molar-refractivity contribution is 5.86. The summed E-state index contributed by atoms with van der Waals surface area (Å²) in [6.45, 7) is 0. The Balaban J connectivity index is 1.97. The Bertz CT molecular complexity index is 807. The normalized spacial score (nSPS) is 10.9. The van der Waals surface area contributed by atoms with Crippen LogP contribution in [0.2, 0.25) is 0 Å². The predicted molar refractivity (Wildman–Crippen MR) is 79.6 cm³/mol. The molecule has 0 amide bonds. The maximum Gasteiger partial charge on any atom is 0.303 e. The molecule has 0 saturated carbocycles. The Labute approximate surface area is 121 Å². The fraction of sp³-hybridized carbons (Fsp3) is 0.118. The van der Waals surface area contributed by atoms with Crippen molar-refractivity contribution in [2.24, 2.45) is 0 Å². The molecule has 0 aliphatic carbocycles. The van der Waals surface area contributed by atoms with Crippen molar-refractivity contribution in [3.05, 3.63) is 59.9 Å². The fourth-order valence-electron chi connectivity index (χ4n) is 2.41. The number of carboxylic acid groups (broad SMARTS) is 1. The summed E-state index contributed by atoms with van der Waals surface area (Å²) in [7, 11) is 0. The summed E-state index contributed by atoms with van der Waals surface area (Å²) in [6, 6.07) is 14.2. The number of benzene rings is 2. The summed E-state index contributed by atoms with van der Waals surface area (Å²) in [4.78, 5) is 13.8. The molecule has 1 heterocycles.